The van der Waals surface area contributed by atoms with E-state index in [0.29, 0.717) is 13.2 Å². The monoisotopic (exact) mass is 203 g/mol. The molecule has 2 rings (SSSR count). The lowest BCUT2D eigenvalue weighted by molar-refractivity contribution is 0.0105. The number of nitrogens with zero attached hydrogens (tertiary/aromatic N) is 2. The van der Waals surface area contributed by atoms with E-state index in [1.165, 1.54) is 0 Å². The van der Waals surface area contributed by atoms with Crippen molar-refractivity contribution >= 4 is 5.69 Å². The Bertz CT molecular complexity index is 347. The van der Waals surface area contributed by atoms with Crippen LogP contribution in [0, 0.1) is 11.3 Å². The number of morpholine rings is 1. The molecule has 0 radical (unpaired) electrons. The third-order valence-electron chi connectivity index (χ3n) is 2.27. The third-order valence-corrected chi connectivity index (χ3v) is 2.27. The van der Waals surface area contributed by atoms with Crippen LogP contribution in [0.2, 0.25) is 0 Å². The first-order valence-corrected chi connectivity index (χ1v) is 4.96. The van der Waals surface area contributed by atoms with Crippen molar-refractivity contribution in [2.45, 2.75) is 6.10 Å². The van der Waals surface area contributed by atoms with Crippen molar-refractivity contribution in [3.05, 3.63) is 30.3 Å². The molecule has 1 saturated heterocycles. The SMILES string of the molecule is N#C[C@@H]1CN(Nc2ccccc2)CCO1. The van der Waals surface area contributed by atoms with Gasteiger partial charge in [-0.1, -0.05) is 18.2 Å². The van der Waals surface area contributed by atoms with E-state index in [-0.39, 0.29) is 6.10 Å². The van der Waals surface area contributed by atoms with Crippen molar-refractivity contribution in [1.82, 2.24) is 5.01 Å². The summed E-state index contributed by atoms with van der Waals surface area (Å²) in [7, 11) is 0. The summed E-state index contributed by atoms with van der Waals surface area (Å²) in [5.41, 5.74) is 4.29. The zero-order valence-corrected chi connectivity index (χ0v) is 8.39. The topological polar surface area (TPSA) is 48.3 Å². The minimum absolute atomic E-state index is 0.324. The van der Waals surface area contributed by atoms with Crippen molar-refractivity contribution in [1.29, 1.82) is 5.26 Å². The molecule has 0 saturated carbocycles. The molecular weight excluding hydrogens is 190 g/mol. The number of hydrogen-bond acceptors (Lipinski definition) is 4. The molecule has 1 atom stereocenters. The maximum absolute atomic E-state index is 8.75. The Balaban J connectivity index is 1.93. The molecule has 1 heterocycles. The van der Waals surface area contributed by atoms with Gasteiger partial charge in [0.1, 0.15) is 0 Å². The van der Waals surface area contributed by atoms with Crippen LogP contribution in [0.15, 0.2) is 30.3 Å². The Morgan fingerprint density at radius 2 is 2.20 bits per heavy atom. The number of nitriles is 1. The average Bonchev–Trinajstić information content (AvgIpc) is 2.31. The second-order valence-corrected chi connectivity index (χ2v) is 3.41. The van der Waals surface area contributed by atoms with Crippen LogP contribution >= 0.6 is 0 Å². The molecule has 0 amide bonds. The molecule has 1 aromatic carbocycles. The molecule has 1 aliphatic rings. The highest BCUT2D eigenvalue weighted by Crippen LogP contribution is 2.09. The Kier molecular flexibility index (Phi) is 3.18. The largest absolute Gasteiger partial charge is 0.360 e. The number of anilines is 1. The molecule has 0 aliphatic carbocycles. The Labute approximate surface area is 89.0 Å². The van der Waals surface area contributed by atoms with Crippen LogP contribution < -0.4 is 5.43 Å². The molecule has 4 nitrogen and oxygen atoms in total. The molecule has 78 valence electrons. The van der Waals surface area contributed by atoms with Crippen LogP contribution in [-0.2, 0) is 4.74 Å². The molecule has 0 bridgehead atoms. The lowest BCUT2D eigenvalue weighted by atomic mass is 10.3. The fraction of sp³-hybridized carbons (Fsp3) is 0.364. The molecule has 15 heavy (non-hydrogen) atoms. The van der Waals surface area contributed by atoms with E-state index in [4.69, 9.17) is 10.00 Å². The first-order valence-electron chi connectivity index (χ1n) is 4.96. The number of rotatable bonds is 2. The number of ether oxygens (including phenoxy) is 1. The van der Waals surface area contributed by atoms with Crippen LogP contribution in [0.4, 0.5) is 5.69 Å². The van der Waals surface area contributed by atoms with Crippen molar-refractivity contribution < 1.29 is 4.74 Å². The van der Waals surface area contributed by atoms with E-state index in [2.05, 4.69) is 11.5 Å². The highest BCUT2D eigenvalue weighted by molar-refractivity contribution is 5.41. The van der Waals surface area contributed by atoms with Gasteiger partial charge in [0.15, 0.2) is 6.10 Å². The molecule has 1 fully saturated rings. The fourth-order valence-corrected chi connectivity index (χ4v) is 1.52. The number of para-hydroxylation sites is 1. The van der Waals surface area contributed by atoms with Crippen LogP contribution in [0.1, 0.15) is 0 Å². The summed E-state index contributed by atoms with van der Waals surface area (Å²) in [6.07, 6.45) is -0.324. The average molecular weight is 203 g/mol. The number of hydrazine groups is 1. The normalized spacial score (nSPS) is 21.9. The molecule has 4 heteroatoms. The summed E-state index contributed by atoms with van der Waals surface area (Å²) >= 11 is 0. The van der Waals surface area contributed by atoms with Gasteiger partial charge in [-0.2, -0.15) is 5.26 Å². The van der Waals surface area contributed by atoms with Crippen LogP contribution in [-0.4, -0.2) is 30.8 Å². The van der Waals surface area contributed by atoms with Gasteiger partial charge in [0.2, 0.25) is 0 Å². The first kappa shape index (κ1) is 9.97. The quantitative estimate of drug-likeness (QED) is 0.785. The van der Waals surface area contributed by atoms with Gasteiger partial charge < -0.3 is 10.2 Å². The molecular formula is C11H13N3O. The first-order chi connectivity index (χ1) is 7.38. The summed E-state index contributed by atoms with van der Waals surface area (Å²) in [6.45, 7) is 2.00. The maximum Gasteiger partial charge on any atom is 0.158 e. The Hall–Kier alpha value is -1.57. The Morgan fingerprint density at radius 1 is 1.40 bits per heavy atom. The minimum Gasteiger partial charge on any atom is -0.360 e. The third kappa shape index (κ3) is 2.69. The van der Waals surface area contributed by atoms with E-state index in [0.717, 1.165) is 12.2 Å². The van der Waals surface area contributed by atoms with Crippen LogP contribution in [0.5, 0.6) is 0 Å². The van der Waals surface area contributed by atoms with Gasteiger partial charge in [0, 0.05) is 12.2 Å². The van der Waals surface area contributed by atoms with Gasteiger partial charge in [-0.15, -0.1) is 0 Å². The molecule has 0 spiro atoms. The Morgan fingerprint density at radius 3 is 2.93 bits per heavy atom. The van der Waals surface area contributed by atoms with E-state index < -0.39 is 0 Å². The summed E-state index contributed by atoms with van der Waals surface area (Å²) in [5, 5.41) is 10.8. The molecule has 1 aromatic rings. The number of nitrogens with one attached hydrogen (secondary N) is 1. The highest BCUT2D eigenvalue weighted by atomic mass is 16.5. The van der Waals surface area contributed by atoms with Gasteiger partial charge >= 0.3 is 0 Å². The number of hydrogen-bond donors (Lipinski definition) is 1. The summed E-state index contributed by atoms with van der Waals surface area (Å²) < 4.78 is 5.25. The smallest absolute Gasteiger partial charge is 0.158 e. The summed E-state index contributed by atoms with van der Waals surface area (Å²) in [5.74, 6) is 0. The summed E-state index contributed by atoms with van der Waals surface area (Å²) in [6, 6.07) is 12.0. The zero-order valence-electron chi connectivity index (χ0n) is 8.39. The van der Waals surface area contributed by atoms with Gasteiger partial charge in [-0.3, -0.25) is 0 Å². The predicted molar refractivity (Wildman–Crippen MR) is 57.0 cm³/mol. The standard InChI is InChI=1S/C11H13N3O/c12-8-11-9-14(6-7-15-11)13-10-4-2-1-3-5-10/h1-5,11,13H,6-7,9H2/t11-/m1/s1. The van der Waals surface area contributed by atoms with Crippen molar-refractivity contribution in [3.63, 3.8) is 0 Å². The van der Waals surface area contributed by atoms with Gasteiger partial charge in [-0.05, 0) is 12.1 Å². The molecule has 1 N–H and O–H groups in total. The molecule has 0 unspecified atom stereocenters. The zero-order chi connectivity index (χ0) is 10.5. The minimum atomic E-state index is -0.324. The van der Waals surface area contributed by atoms with Crippen molar-refractivity contribution in [2.75, 3.05) is 25.1 Å². The van der Waals surface area contributed by atoms with Gasteiger partial charge in [0.25, 0.3) is 0 Å². The van der Waals surface area contributed by atoms with Crippen molar-refractivity contribution in [3.8, 4) is 6.07 Å². The van der Waals surface area contributed by atoms with E-state index >= 15 is 0 Å². The lowest BCUT2D eigenvalue weighted by Gasteiger charge is -2.30. The molecule has 0 aromatic heterocycles. The lowest BCUT2D eigenvalue weighted by Crippen LogP contribution is -2.44. The highest BCUT2D eigenvalue weighted by Gasteiger charge is 2.19. The van der Waals surface area contributed by atoms with Crippen molar-refractivity contribution in [2.24, 2.45) is 0 Å². The number of benzene rings is 1. The van der Waals surface area contributed by atoms with E-state index in [1.54, 1.807) is 0 Å². The van der Waals surface area contributed by atoms with Gasteiger partial charge in [-0.25, -0.2) is 5.01 Å². The summed E-state index contributed by atoms with van der Waals surface area (Å²) in [4.78, 5) is 0. The maximum atomic E-state index is 8.75. The molecule has 1 aliphatic heterocycles. The second-order valence-electron chi connectivity index (χ2n) is 3.41. The van der Waals surface area contributed by atoms with E-state index in [1.807, 2.05) is 35.3 Å². The van der Waals surface area contributed by atoms with Crippen LogP contribution in [0.3, 0.4) is 0 Å². The fourth-order valence-electron chi connectivity index (χ4n) is 1.52. The second kappa shape index (κ2) is 4.78. The van der Waals surface area contributed by atoms with E-state index in [9.17, 15) is 0 Å². The predicted octanol–water partition coefficient (Wildman–Crippen LogP) is 1.24. The van der Waals surface area contributed by atoms with Gasteiger partial charge in [0.05, 0.1) is 19.2 Å². The van der Waals surface area contributed by atoms with Crippen LogP contribution in [0.25, 0.3) is 0 Å².